The van der Waals surface area contributed by atoms with Gasteiger partial charge in [-0.25, -0.2) is 4.79 Å². The molecule has 4 heteroatoms. The van der Waals surface area contributed by atoms with Gasteiger partial charge >= 0.3 is 5.97 Å². The second kappa shape index (κ2) is 4.28. The average Bonchev–Trinajstić information content (AvgIpc) is 2.97. The number of amides is 1. The maximum Gasteiger partial charge on any atom is 0.331 e. The minimum absolute atomic E-state index is 0.101. The van der Waals surface area contributed by atoms with Gasteiger partial charge in [0.25, 0.3) is 0 Å². The van der Waals surface area contributed by atoms with Gasteiger partial charge in [0.05, 0.1) is 0 Å². The number of carboxylic acid groups (broad SMARTS) is 1. The Kier molecular flexibility index (Phi) is 3.41. The topological polar surface area (TPSA) is 66.4 Å². The van der Waals surface area contributed by atoms with Crippen LogP contribution in [0.2, 0.25) is 0 Å². The summed E-state index contributed by atoms with van der Waals surface area (Å²) in [4.78, 5) is 22.5. The molecule has 0 atom stereocenters. The summed E-state index contributed by atoms with van der Waals surface area (Å²) in [6, 6.07) is 0. The Balaban J connectivity index is 2.72. The van der Waals surface area contributed by atoms with Crippen molar-refractivity contribution in [2.75, 3.05) is 0 Å². The van der Waals surface area contributed by atoms with Crippen LogP contribution in [-0.2, 0) is 9.59 Å². The second-order valence-corrected chi connectivity index (χ2v) is 5.01. The Morgan fingerprint density at radius 1 is 1.19 bits per heavy atom. The highest BCUT2D eigenvalue weighted by molar-refractivity contribution is 6.01. The van der Waals surface area contributed by atoms with E-state index in [2.05, 4.69) is 5.32 Å². The van der Waals surface area contributed by atoms with E-state index in [1.807, 2.05) is 13.8 Å². The highest BCUT2D eigenvalue weighted by Crippen LogP contribution is 2.39. The molecule has 16 heavy (non-hydrogen) atoms. The van der Waals surface area contributed by atoms with E-state index in [0.717, 1.165) is 12.8 Å². The van der Waals surface area contributed by atoms with Crippen molar-refractivity contribution in [3.05, 3.63) is 11.1 Å². The van der Waals surface area contributed by atoms with Crippen LogP contribution >= 0.6 is 0 Å². The summed E-state index contributed by atoms with van der Waals surface area (Å²) >= 11 is 0. The van der Waals surface area contributed by atoms with E-state index < -0.39 is 5.97 Å². The first-order valence-electron chi connectivity index (χ1n) is 5.49. The van der Waals surface area contributed by atoms with Gasteiger partial charge in [-0.15, -0.1) is 0 Å². The first-order chi connectivity index (χ1) is 7.25. The molecule has 0 spiro atoms. The molecule has 0 saturated heterocycles. The van der Waals surface area contributed by atoms with Gasteiger partial charge in [-0.3, -0.25) is 4.79 Å². The van der Waals surface area contributed by atoms with Crippen LogP contribution in [0.5, 0.6) is 0 Å². The minimum Gasteiger partial charge on any atom is -0.478 e. The zero-order valence-electron chi connectivity index (χ0n) is 10.3. The number of carboxylic acids is 1. The highest BCUT2D eigenvalue weighted by Gasteiger charge is 2.39. The smallest absolute Gasteiger partial charge is 0.331 e. The normalized spacial score (nSPS) is 17.8. The lowest BCUT2D eigenvalue weighted by molar-refractivity contribution is -0.133. The number of aliphatic carboxylic acids is 1. The number of carbonyl (C=O) groups is 2. The Morgan fingerprint density at radius 2 is 1.69 bits per heavy atom. The van der Waals surface area contributed by atoms with Crippen LogP contribution in [-0.4, -0.2) is 22.5 Å². The summed E-state index contributed by atoms with van der Waals surface area (Å²) in [5.74, 6) is -0.803. The fourth-order valence-corrected chi connectivity index (χ4v) is 1.62. The minimum atomic E-state index is -1.04. The lowest BCUT2D eigenvalue weighted by Gasteiger charge is -2.26. The van der Waals surface area contributed by atoms with Crippen LogP contribution < -0.4 is 5.32 Å². The van der Waals surface area contributed by atoms with E-state index >= 15 is 0 Å². The molecule has 0 aromatic rings. The van der Waals surface area contributed by atoms with Gasteiger partial charge in [-0.05, 0) is 46.5 Å². The number of nitrogens with one attached hydrogen (secondary N) is 1. The van der Waals surface area contributed by atoms with Crippen molar-refractivity contribution in [3.8, 4) is 0 Å². The van der Waals surface area contributed by atoms with Gasteiger partial charge in [0.15, 0.2) is 0 Å². The van der Waals surface area contributed by atoms with E-state index in [9.17, 15) is 9.59 Å². The first-order valence-corrected chi connectivity index (χ1v) is 5.49. The maximum atomic E-state index is 11.8. The Morgan fingerprint density at radius 3 is 2.06 bits per heavy atom. The number of rotatable bonds is 4. The predicted molar refractivity (Wildman–Crippen MR) is 61.0 cm³/mol. The third-order valence-electron chi connectivity index (χ3n) is 3.26. The van der Waals surface area contributed by atoms with Crippen LogP contribution in [0.3, 0.4) is 0 Å². The molecule has 1 aliphatic carbocycles. The van der Waals surface area contributed by atoms with E-state index in [1.54, 1.807) is 6.92 Å². The number of hydrogen-bond acceptors (Lipinski definition) is 2. The van der Waals surface area contributed by atoms with Gasteiger partial charge in [0, 0.05) is 16.7 Å². The van der Waals surface area contributed by atoms with Crippen molar-refractivity contribution in [1.29, 1.82) is 0 Å². The Hall–Kier alpha value is -1.32. The van der Waals surface area contributed by atoms with Crippen molar-refractivity contribution < 1.29 is 14.7 Å². The average molecular weight is 225 g/mol. The molecule has 4 nitrogen and oxygen atoms in total. The molecular weight excluding hydrogens is 206 g/mol. The van der Waals surface area contributed by atoms with Crippen molar-refractivity contribution in [2.24, 2.45) is 5.92 Å². The predicted octanol–water partition coefficient (Wildman–Crippen LogP) is 1.71. The molecule has 0 unspecified atom stereocenters. The van der Waals surface area contributed by atoms with Crippen molar-refractivity contribution >= 4 is 11.9 Å². The number of carbonyl (C=O) groups excluding carboxylic acids is 1. The fraction of sp³-hybridized carbons (Fsp3) is 0.667. The maximum absolute atomic E-state index is 11.8. The van der Waals surface area contributed by atoms with Crippen molar-refractivity contribution in [2.45, 2.75) is 46.1 Å². The third-order valence-corrected chi connectivity index (χ3v) is 3.26. The Bertz CT molecular complexity index is 351. The molecule has 1 rings (SSSR count). The van der Waals surface area contributed by atoms with Crippen molar-refractivity contribution in [1.82, 2.24) is 5.32 Å². The molecule has 1 saturated carbocycles. The molecule has 0 aliphatic heterocycles. The third kappa shape index (κ3) is 2.84. The lowest BCUT2D eigenvalue weighted by Crippen LogP contribution is -2.45. The molecule has 90 valence electrons. The lowest BCUT2D eigenvalue weighted by atomic mass is 9.97. The van der Waals surface area contributed by atoms with Gasteiger partial charge in [-0.2, -0.15) is 0 Å². The van der Waals surface area contributed by atoms with Gasteiger partial charge < -0.3 is 10.4 Å². The van der Waals surface area contributed by atoms with E-state index in [0.29, 0.717) is 5.92 Å². The standard InChI is InChI=1S/C12H19NO3/c1-7(8(2)11(15)16)10(14)13-12(3,4)9-5-6-9/h9H,5-6H2,1-4H3,(H,13,14)(H,15,16). The second-order valence-electron chi connectivity index (χ2n) is 5.01. The number of hydrogen-bond donors (Lipinski definition) is 2. The molecule has 0 aromatic heterocycles. The van der Waals surface area contributed by atoms with Gasteiger partial charge in [-0.1, -0.05) is 0 Å². The largest absolute Gasteiger partial charge is 0.478 e. The molecule has 0 heterocycles. The fourth-order valence-electron chi connectivity index (χ4n) is 1.62. The molecule has 0 radical (unpaired) electrons. The highest BCUT2D eigenvalue weighted by atomic mass is 16.4. The molecule has 1 fully saturated rings. The zero-order valence-corrected chi connectivity index (χ0v) is 10.3. The molecule has 0 aromatic carbocycles. The van der Waals surface area contributed by atoms with Gasteiger partial charge in [0.2, 0.25) is 5.91 Å². The Labute approximate surface area is 95.7 Å². The van der Waals surface area contributed by atoms with Gasteiger partial charge in [0.1, 0.15) is 0 Å². The summed E-state index contributed by atoms with van der Waals surface area (Å²) in [6.07, 6.45) is 2.27. The summed E-state index contributed by atoms with van der Waals surface area (Å²) in [7, 11) is 0. The summed E-state index contributed by atoms with van der Waals surface area (Å²) in [6.45, 7) is 6.95. The monoisotopic (exact) mass is 225 g/mol. The summed E-state index contributed by atoms with van der Waals surface area (Å²) in [5.41, 5.74) is 0.141. The van der Waals surface area contributed by atoms with Crippen LogP contribution in [0.4, 0.5) is 0 Å². The quantitative estimate of drug-likeness (QED) is 0.716. The molecule has 1 aliphatic rings. The zero-order chi connectivity index (χ0) is 12.5. The molecule has 1 amide bonds. The van der Waals surface area contributed by atoms with Crippen molar-refractivity contribution in [3.63, 3.8) is 0 Å². The molecule has 2 N–H and O–H groups in total. The van der Waals surface area contributed by atoms with E-state index in [4.69, 9.17) is 5.11 Å². The van der Waals surface area contributed by atoms with Crippen LogP contribution in [0, 0.1) is 5.92 Å². The summed E-state index contributed by atoms with van der Waals surface area (Å²) < 4.78 is 0. The van der Waals surface area contributed by atoms with Crippen LogP contribution in [0.15, 0.2) is 11.1 Å². The SMILES string of the molecule is CC(C(=O)O)=C(C)C(=O)NC(C)(C)C1CC1. The summed E-state index contributed by atoms with van der Waals surface area (Å²) in [5, 5.41) is 11.7. The van der Waals surface area contributed by atoms with E-state index in [-0.39, 0.29) is 22.6 Å². The van der Waals surface area contributed by atoms with E-state index in [1.165, 1.54) is 6.92 Å². The van der Waals surface area contributed by atoms with Crippen LogP contribution in [0.1, 0.15) is 40.5 Å². The molecular formula is C12H19NO3. The molecule has 0 bridgehead atoms. The first kappa shape index (κ1) is 12.7. The van der Waals surface area contributed by atoms with Crippen LogP contribution in [0.25, 0.3) is 0 Å².